The number of amides is 2. The molecule has 16 heavy (non-hydrogen) atoms. The Hall–Kier alpha value is -1.58. The highest BCUT2D eigenvalue weighted by Crippen LogP contribution is 2.11. The zero-order valence-corrected chi connectivity index (χ0v) is 9.57. The molecule has 0 saturated carbocycles. The molecule has 86 valence electrons. The largest absolute Gasteiger partial charge is 0.325 e. The number of carbonyl (C=O) groups is 1. The minimum Gasteiger partial charge on any atom is -0.325 e. The van der Waals surface area contributed by atoms with E-state index in [1.807, 2.05) is 24.0 Å². The van der Waals surface area contributed by atoms with Gasteiger partial charge < -0.3 is 10.2 Å². The van der Waals surface area contributed by atoms with Gasteiger partial charge in [-0.3, -0.25) is 4.98 Å². The van der Waals surface area contributed by atoms with Crippen LogP contribution in [0.15, 0.2) is 18.3 Å². The molecular formula is C12H17N3O. The lowest BCUT2D eigenvalue weighted by Gasteiger charge is -2.26. The third kappa shape index (κ3) is 2.72. The van der Waals surface area contributed by atoms with Gasteiger partial charge >= 0.3 is 6.03 Å². The SMILES string of the molecule is Cc1ccc(NC(=O)N2CCCCC2)cn1. The molecule has 0 aliphatic carbocycles. The third-order valence-electron chi connectivity index (χ3n) is 2.81. The molecule has 2 heterocycles. The zero-order chi connectivity index (χ0) is 11.4. The lowest BCUT2D eigenvalue weighted by atomic mass is 10.1. The smallest absolute Gasteiger partial charge is 0.321 e. The predicted molar refractivity (Wildman–Crippen MR) is 63.4 cm³/mol. The second-order valence-electron chi connectivity index (χ2n) is 4.17. The van der Waals surface area contributed by atoms with Crippen molar-refractivity contribution in [3.63, 3.8) is 0 Å². The molecule has 0 radical (unpaired) electrons. The van der Waals surface area contributed by atoms with E-state index < -0.39 is 0 Å². The van der Waals surface area contributed by atoms with Gasteiger partial charge in [-0.05, 0) is 38.3 Å². The van der Waals surface area contributed by atoms with Crippen molar-refractivity contribution in [3.8, 4) is 0 Å². The number of pyridine rings is 1. The Morgan fingerprint density at radius 2 is 2.06 bits per heavy atom. The number of rotatable bonds is 1. The van der Waals surface area contributed by atoms with Crippen molar-refractivity contribution in [2.24, 2.45) is 0 Å². The van der Waals surface area contributed by atoms with Crippen molar-refractivity contribution < 1.29 is 4.79 Å². The molecular weight excluding hydrogens is 202 g/mol. The number of likely N-dealkylation sites (tertiary alicyclic amines) is 1. The van der Waals surface area contributed by atoms with Crippen LogP contribution in [-0.2, 0) is 0 Å². The van der Waals surface area contributed by atoms with Crippen LogP contribution in [0.1, 0.15) is 25.0 Å². The maximum absolute atomic E-state index is 11.8. The molecule has 0 aromatic carbocycles. The molecule has 1 aliphatic rings. The van der Waals surface area contributed by atoms with Gasteiger partial charge in [-0.1, -0.05) is 0 Å². The lowest BCUT2D eigenvalue weighted by molar-refractivity contribution is 0.200. The average Bonchev–Trinajstić information content (AvgIpc) is 2.33. The second-order valence-corrected chi connectivity index (χ2v) is 4.17. The second kappa shape index (κ2) is 4.96. The molecule has 2 rings (SSSR count). The van der Waals surface area contributed by atoms with Crippen LogP contribution in [0, 0.1) is 6.92 Å². The van der Waals surface area contributed by atoms with Crippen molar-refractivity contribution in [3.05, 3.63) is 24.0 Å². The molecule has 1 aliphatic heterocycles. The summed E-state index contributed by atoms with van der Waals surface area (Å²) in [4.78, 5) is 17.8. The first-order valence-electron chi connectivity index (χ1n) is 5.74. The first-order chi connectivity index (χ1) is 7.75. The Morgan fingerprint density at radius 3 is 2.69 bits per heavy atom. The minimum atomic E-state index is -0.00893. The highest BCUT2D eigenvalue weighted by Gasteiger charge is 2.16. The summed E-state index contributed by atoms with van der Waals surface area (Å²) >= 11 is 0. The summed E-state index contributed by atoms with van der Waals surface area (Å²) in [6.07, 6.45) is 5.15. The molecule has 1 aromatic heterocycles. The molecule has 1 saturated heterocycles. The van der Waals surface area contributed by atoms with E-state index in [0.29, 0.717) is 0 Å². The number of carbonyl (C=O) groups excluding carboxylic acids is 1. The fourth-order valence-electron chi connectivity index (χ4n) is 1.84. The summed E-state index contributed by atoms with van der Waals surface area (Å²) < 4.78 is 0. The minimum absolute atomic E-state index is 0.00893. The Morgan fingerprint density at radius 1 is 1.31 bits per heavy atom. The number of anilines is 1. The molecule has 4 heteroatoms. The Labute approximate surface area is 95.7 Å². The zero-order valence-electron chi connectivity index (χ0n) is 9.57. The summed E-state index contributed by atoms with van der Waals surface area (Å²) in [6.45, 7) is 3.66. The van der Waals surface area contributed by atoms with Gasteiger partial charge in [0.05, 0.1) is 11.9 Å². The van der Waals surface area contributed by atoms with Crippen LogP contribution < -0.4 is 5.32 Å². The first kappa shape index (κ1) is 10.9. The molecule has 1 aromatic rings. The van der Waals surface area contributed by atoms with E-state index in [-0.39, 0.29) is 6.03 Å². The van der Waals surface area contributed by atoms with E-state index in [1.165, 1.54) is 6.42 Å². The number of piperidine rings is 1. The molecule has 1 N–H and O–H groups in total. The Bertz CT molecular complexity index is 355. The van der Waals surface area contributed by atoms with Crippen molar-refractivity contribution in [2.75, 3.05) is 18.4 Å². The molecule has 4 nitrogen and oxygen atoms in total. The summed E-state index contributed by atoms with van der Waals surface area (Å²) in [7, 11) is 0. The topological polar surface area (TPSA) is 45.2 Å². The van der Waals surface area contributed by atoms with Gasteiger partial charge in [0, 0.05) is 18.8 Å². The van der Waals surface area contributed by atoms with E-state index in [0.717, 1.165) is 37.3 Å². The summed E-state index contributed by atoms with van der Waals surface area (Å²) in [5, 5.41) is 2.86. The maximum atomic E-state index is 11.8. The molecule has 0 unspecified atom stereocenters. The molecule has 0 spiro atoms. The van der Waals surface area contributed by atoms with Gasteiger partial charge in [-0.25, -0.2) is 4.79 Å². The summed E-state index contributed by atoms with van der Waals surface area (Å²) in [5.74, 6) is 0. The lowest BCUT2D eigenvalue weighted by Crippen LogP contribution is -2.38. The fourth-order valence-corrected chi connectivity index (χ4v) is 1.84. The van der Waals surface area contributed by atoms with E-state index in [4.69, 9.17) is 0 Å². The van der Waals surface area contributed by atoms with Crippen molar-refractivity contribution >= 4 is 11.7 Å². The number of nitrogens with zero attached hydrogens (tertiary/aromatic N) is 2. The monoisotopic (exact) mass is 219 g/mol. The Kier molecular flexibility index (Phi) is 3.39. The van der Waals surface area contributed by atoms with Crippen LogP contribution >= 0.6 is 0 Å². The van der Waals surface area contributed by atoms with E-state index in [1.54, 1.807) is 6.20 Å². The van der Waals surface area contributed by atoms with Crippen molar-refractivity contribution in [1.82, 2.24) is 9.88 Å². The van der Waals surface area contributed by atoms with Gasteiger partial charge in [-0.15, -0.1) is 0 Å². The van der Waals surface area contributed by atoms with Gasteiger partial charge in [0.25, 0.3) is 0 Å². The van der Waals surface area contributed by atoms with Crippen molar-refractivity contribution in [1.29, 1.82) is 0 Å². The standard InChI is InChI=1S/C12H17N3O/c1-10-5-6-11(9-13-10)14-12(16)15-7-3-2-4-8-15/h5-6,9H,2-4,7-8H2,1H3,(H,14,16). The normalized spacial score (nSPS) is 15.9. The maximum Gasteiger partial charge on any atom is 0.321 e. The molecule has 2 amide bonds. The van der Waals surface area contributed by atoms with Crippen LogP contribution in [-0.4, -0.2) is 29.0 Å². The van der Waals surface area contributed by atoms with Gasteiger partial charge in [-0.2, -0.15) is 0 Å². The number of aromatic nitrogens is 1. The van der Waals surface area contributed by atoms with E-state index in [9.17, 15) is 4.79 Å². The van der Waals surface area contributed by atoms with Crippen LogP contribution in [0.25, 0.3) is 0 Å². The van der Waals surface area contributed by atoms with Crippen LogP contribution in [0.5, 0.6) is 0 Å². The van der Waals surface area contributed by atoms with Gasteiger partial charge in [0.2, 0.25) is 0 Å². The summed E-state index contributed by atoms with van der Waals surface area (Å²) in [5.41, 5.74) is 1.72. The van der Waals surface area contributed by atoms with Gasteiger partial charge in [0.15, 0.2) is 0 Å². The first-order valence-corrected chi connectivity index (χ1v) is 5.74. The quantitative estimate of drug-likeness (QED) is 0.788. The molecule has 0 bridgehead atoms. The molecule has 1 fully saturated rings. The predicted octanol–water partition coefficient (Wildman–Crippen LogP) is 2.41. The highest BCUT2D eigenvalue weighted by atomic mass is 16.2. The highest BCUT2D eigenvalue weighted by molar-refractivity contribution is 5.89. The third-order valence-corrected chi connectivity index (χ3v) is 2.81. The number of hydrogen-bond donors (Lipinski definition) is 1. The number of hydrogen-bond acceptors (Lipinski definition) is 2. The van der Waals surface area contributed by atoms with E-state index >= 15 is 0 Å². The van der Waals surface area contributed by atoms with Crippen LogP contribution in [0.4, 0.5) is 10.5 Å². The van der Waals surface area contributed by atoms with Crippen LogP contribution in [0.2, 0.25) is 0 Å². The summed E-state index contributed by atoms with van der Waals surface area (Å²) in [6, 6.07) is 3.76. The Balaban J connectivity index is 1.93. The van der Waals surface area contributed by atoms with Crippen molar-refractivity contribution in [2.45, 2.75) is 26.2 Å². The average molecular weight is 219 g/mol. The number of nitrogens with one attached hydrogen (secondary N) is 1. The number of urea groups is 1. The number of aryl methyl sites for hydroxylation is 1. The fraction of sp³-hybridized carbons (Fsp3) is 0.500. The van der Waals surface area contributed by atoms with Crippen LogP contribution in [0.3, 0.4) is 0 Å². The van der Waals surface area contributed by atoms with Gasteiger partial charge in [0.1, 0.15) is 0 Å². The van der Waals surface area contributed by atoms with E-state index in [2.05, 4.69) is 10.3 Å². The molecule has 0 atom stereocenters.